The van der Waals surface area contributed by atoms with Crippen LogP contribution >= 0.6 is 0 Å². The van der Waals surface area contributed by atoms with E-state index in [1.807, 2.05) is 32.8 Å². The molecule has 0 aliphatic heterocycles. The van der Waals surface area contributed by atoms with Crippen LogP contribution in [0.1, 0.15) is 37.0 Å². The van der Waals surface area contributed by atoms with Crippen molar-refractivity contribution < 1.29 is 14.0 Å². The topological polar surface area (TPSA) is 49.4 Å². The van der Waals surface area contributed by atoms with E-state index in [2.05, 4.69) is 5.32 Å². The Morgan fingerprint density at radius 2 is 1.81 bits per heavy atom. The summed E-state index contributed by atoms with van der Waals surface area (Å²) in [5.41, 5.74) is -0.121. The fourth-order valence-corrected chi connectivity index (χ4v) is 1.61. The number of nitrogens with one attached hydrogen (secondary N) is 1. The van der Waals surface area contributed by atoms with E-state index in [-0.39, 0.29) is 35.6 Å². The van der Waals surface area contributed by atoms with Gasteiger partial charge in [0.2, 0.25) is 5.91 Å². The average molecular weight is 294 g/mol. The standard InChI is InChI=1S/C16H23FN2O2/c1-16(2,19(3)4)11-18-15(21)10-9-14(20)12-7-5-6-8-13(12)17/h5-8H,9-11H2,1-4H3,(H,18,21). The average Bonchev–Trinajstić information content (AvgIpc) is 2.43. The molecule has 1 aromatic rings. The number of Topliss-reactive ketones (excluding diaryl/α,β-unsaturated/α-hetero) is 1. The number of halogens is 1. The third kappa shape index (κ3) is 5.27. The van der Waals surface area contributed by atoms with E-state index in [9.17, 15) is 14.0 Å². The van der Waals surface area contributed by atoms with Crippen LogP contribution in [0.5, 0.6) is 0 Å². The van der Waals surface area contributed by atoms with Crippen LogP contribution in [0.4, 0.5) is 4.39 Å². The van der Waals surface area contributed by atoms with E-state index in [1.165, 1.54) is 18.2 Å². The summed E-state index contributed by atoms with van der Waals surface area (Å²) in [7, 11) is 3.88. The summed E-state index contributed by atoms with van der Waals surface area (Å²) >= 11 is 0. The van der Waals surface area contributed by atoms with E-state index in [0.29, 0.717) is 6.54 Å². The first-order valence-electron chi connectivity index (χ1n) is 6.96. The maximum Gasteiger partial charge on any atom is 0.220 e. The van der Waals surface area contributed by atoms with Gasteiger partial charge in [0.15, 0.2) is 5.78 Å². The molecule has 1 aromatic carbocycles. The Balaban J connectivity index is 2.44. The van der Waals surface area contributed by atoms with Crippen LogP contribution in [0.25, 0.3) is 0 Å². The lowest BCUT2D eigenvalue weighted by Crippen LogP contribution is -2.48. The van der Waals surface area contributed by atoms with E-state index in [0.717, 1.165) is 0 Å². The first kappa shape index (κ1) is 17.3. The van der Waals surface area contributed by atoms with Gasteiger partial charge >= 0.3 is 0 Å². The van der Waals surface area contributed by atoms with Gasteiger partial charge in [0.25, 0.3) is 0 Å². The predicted octanol–water partition coefficient (Wildman–Crippen LogP) is 2.24. The molecule has 1 rings (SSSR count). The molecule has 0 radical (unpaired) electrons. The molecule has 0 bridgehead atoms. The molecule has 0 fully saturated rings. The summed E-state index contributed by atoms with van der Waals surface area (Å²) in [4.78, 5) is 25.6. The molecule has 0 atom stereocenters. The van der Waals surface area contributed by atoms with Crippen molar-refractivity contribution in [3.05, 3.63) is 35.6 Å². The largest absolute Gasteiger partial charge is 0.354 e. The lowest BCUT2D eigenvalue weighted by atomic mass is 10.0. The molecular formula is C16H23FN2O2. The number of nitrogens with zero attached hydrogens (tertiary/aromatic N) is 1. The molecule has 21 heavy (non-hydrogen) atoms. The number of amides is 1. The van der Waals surface area contributed by atoms with Crippen molar-refractivity contribution in [3.8, 4) is 0 Å². The van der Waals surface area contributed by atoms with Crippen molar-refractivity contribution in [2.45, 2.75) is 32.2 Å². The number of carbonyl (C=O) groups is 2. The van der Waals surface area contributed by atoms with Gasteiger partial charge in [-0.15, -0.1) is 0 Å². The molecule has 0 aliphatic carbocycles. The summed E-state index contributed by atoms with van der Waals surface area (Å²) in [5, 5.41) is 2.80. The van der Waals surface area contributed by atoms with Crippen molar-refractivity contribution in [1.82, 2.24) is 10.2 Å². The highest BCUT2D eigenvalue weighted by Gasteiger charge is 2.21. The van der Waals surface area contributed by atoms with Gasteiger partial charge in [-0.3, -0.25) is 9.59 Å². The van der Waals surface area contributed by atoms with Crippen LogP contribution in [0.2, 0.25) is 0 Å². The molecule has 116 valence electrons. The summed E-state index contributed by atoms with van der Waals surface area (Å²) in [6.07, 6.45) is 0.0752. The number of ketones is 1. The number of carbonyl (C=O) groups excluding carboxylic acids is 2. The van der Waals surface area contributed by atoms with E-state index in [1.54, 1.807) is 6.07 Å². The molecule has 0 unspecified atom stereocenters. The normalized spacial score (nSPS) is 11.5. The van der Waals surface area contributed by atoms with Crippen molar-refractivity contribution in [2.24, 2.45) is 0 Å². The van der Waals surface area contributed by atoms with Gasteiger partial charge in [0.1, 0.15) is 5.82 Å². The van der Waals surface area contributed by atoms with Gasteiger partial charge in [-0.2, -0.15) is 0 Å². The lowest BCUT2D eigenvalue weighted by Gasteiger charge is -2.32. The zero-order chi connectivity index (χ0) is 16.0. The highest BCUT2D eigenvalue weighted by atomic mass is 19.1. The maximum atomic E-state index is 13.4. The Kier molecular flexibility index (Phi) is 6.03. The van der Waals surface area contributed by atoms with Crippen molar-refractivity contribution in [2.75, 3.05) is 20.6 Å². The van der Waals surface area contributed by atoms with Gasteiger partial charge in [-0.25, -0.2) is 4.39 Å². The monoisotopic (exact) mass is 294 g/mol. The fraction of sp³-hybridized carbons (Fsp3) is 0.500. The number of hydrogen-bond acceptors (Lipinski definition) is 3. The third-order valence-electron chi connectivity index (χ3n) is 3.68. The Bertz CT molecular complexity index is 513. The zero-order valence-corrected chi connectivity index (χ0v) is 13.1. The summed E-state index contributed by atoms with van der Waals surface area (Å²) in [6.45, 7) is 4.52. The summed E-state index contributed by atoms with van der Waals surface area (Å²) in [6, 6.07) is 5.82. The number of benzene rings is 1. The second-order valence-electron chi connectivity index (χ2n) is 5.89. The number of hydrogen-bond donors (Lipinski definition) is 1. The molecule has 0 aromatic heterocycles. The van der Waals surface area contributed by atoms with Crippen LogP contribution in [-0.4, -0.2) is 42.8 Å². The smallest absolute Gasteiger partial charge is 0.220 e. The van der Waals surface area contributed by atoms with E-state index >= 15 is 0 Å². The molecule has 0 spiro atoms. The third-order valence-corrected chi connectivity index (χ3v) is 3.68. The minimum absolute atomic E-state index is 0.00909. The minimum Gasteiger partial charge on any atom is -0.354 e. The summed E-state index contributed by atoms with van der Waals surface area (Å²) in [5.74, 6) is -1.10. The van der Waals surface area contributed by atoms with Gasteiger partial charge in [0, 0.05) is 24.9 Å². The fourth-order valence-electron chi connectivity index (χ4n) is 1.61. The molecule has 1 N–H and O–H groups in total. The van der Waals surface area contributed by atoms with E-state index < -0.39 is 5.82 Å². The molecule has 0 saturated carbocycles. The van der Waals surface area contributed by atoms with Crippen LogP contribution in [0.3, 0.4) is 0 Å². The van der Waals surface area contributed by atoms with Crippen LogP contribution < -0.4 is 5.32 Å². The Morgan fingerprint density at radius 3 is 2.38 bits per heavy atom. The first-order valence-corrected chi connectivity index (χ1v) is 6.96. The molecular weight excluding hydrogens is 271 g/mol. The number of rotatable bonds is 7. The maximum absolute atomic E-state index is 13.4. The quantitative estimate of drug-likeness (QED) is 0.785. The first-order chi connectivity index (χ1) is 9.74. The highest BCUT2D eigenvalue weighted by Crippen LogP contribution is 2.11. The van der Waals surface area contributed by atoms with Crippen LogP contribution in [0, 0.1) is 5.82 Å². The zero-order valence-electron chi connectivity index (χ0n) is 13.1. The second kappa shape index (κ2) is 7.31. The lowest BCUT2D eigenvalue weighted by molar-refractivity contribution is -0.121. The van der Waals surface area contributed by atoms with Gasteiger partial charge < -0.3 is 10.2 Å². The predicted molar refractivity (Wildman–Crippen MR) is 80.7 cm³/mol. The van der Waals surface area contributed by atoms with Crippen molar-refractivity contribution in [1.29, 1.82) is 0 Å². The Morgan fingerprint density at radius 1 is 1.19 bits per heavy atom. The van der Waals surface area contributed by atoms with Crippen LogP contribution in [-0.2, 0) is 4.79 Å². The molecule has 0 aliphatic rings. The highest BCUT2D eigenvalue weighted by molar-refractivity contribution is 5.98. The molecule has 0 heterocycles. The minimum atomic E-state index is -0.545. The molecule has 0 saturated heterocycles. The van der Waals surface area contributed by atoms with E-state index in [4.69, 9.17) is 0 Å². The molecule has 5 heteroatoms. The second-order valence-corrected chi connectivity index (χ2v) is 5.89. The molecule has 4 nitrogen and oxygen atoms in total. The Hall–Kier alpha value is -1.75. The number of likely N-dealkylation sites (N-methyl/N-ethyl adjacent to an activating group) is 1. The SMILES string of the molecule is CN(C)C(C)(C)CNC(=O)CCC(=O)c1ccccc1F. The Labute approximate surface area is 125 Å². The van der Waals surface area contributed by atoms with Gasteiger partial charge in [-0.05, 0) is 40.1 Å². The van der Waals surface area contributed by atoms with Crippen molar-refractivity contribution in [3.63, 3.8) is 0 Å². The van der Waals surface area contributed by atoms with Crippen LogP contribution in [0.15, 0.2) is 24.3 Å². The van der Waals surface area contributed by atoms with Crippen molar-refractivity contribution >= 4 is 11.7 Å². The molecule has 1 amide bonds. The van der Waals surface area contributed by atoms with Gasteiger partial charge in [-0.1, -0.05) is 12.1 Å². The van der Waals surface area contributed by atoms with Gasteiger partial charge in [0.05, 0.1) is 5.56 Å². The summed E-state index contributed by atoms with van der Waals surface area (Å²) < 4.78 is 13.4.